The molecule has 18 aliphatic rings. The standard InChI is InChI=1S/2C41H65N9O4S.Co/c2*51-41(52)32(22-23-12-2-1-3-13-23)49-55(53,54)50-39-30-20-10-11-21-31(30)40(50)48-38-29-19-9-7-17-27(29)36(46-38)44-34-25-15-5-4-14-24(25)33(42-34)43-35-26-16-6-8-18-28(26)37(45-35)47-39;/h2*1-3,12-13,24-40,42-49H,4-11,14-22H2,(H,51,52);/q;;+2/p-2. The minimum atomic E-state index is -4.34. The van der Waals surface area contributed by atoms with Crippen LogP contribution in [0.1, 0.15) is 217 Å². The van der Waals surface area contributed by atoms with Crippen LogP contribution in [0.2, 0.25) is 0 Å². The van der Waals surface area contributed by atoms with Gasteiger partial charge in [0.25, 0.3) is 20.4 Å². The molecule has 16 N–H and O–H groups in total. The van der Waals surface area contributed by atoms with Gasteiger partial charge in [0.15, 0.2) is 0 Å². The van der Waals surface area contributed by atoms with Crippen molar-refractivity contribution in [1.82, 2.24) is 92.5 Å². The maximum Gasteiger partial charge on any atom is 2.00 e. The van der Waals surface area contributed by atoms with Crippen molar-refractivity contribution in [3.8, 4) is 0 Å². The number of aliphatic carboxylic acids is 2. The number of rotatable bonds is 12. The number of fused-ring (bicyclic) bond motifs is 40. The van der Waals surface area contributed by atoms with Crippen LogP contribution in [-0.4, -0.2) is 148 Å². The quantitative estimate of drug-likeness (QED) is 0.145. The van der Waals surface area contributed by atoms with Gasteiger partial charge in [0.1, 0.15) is 0 Å². The first kappa shape index (κ1) is 79.2. The number of hydrogen-bond acceptors (Lipinski definition) is 22. The zero-order valence-electron chi connectivity index (χ0n) is 64.8. The summed E-state index contributed by atoms with van der Waals surface area (Å²) in [5.74, 6) is 3.19. The van der Waals surface area contributed by atoms with Crippen molar-refractivity contribution < 1.29 is 53.4 Å². The van der Waals surface area contributed by atoms with Gasteiger partial charge in [0, 0.05) is 0 Å². The fraction of sp³-hybridized carbons (Fsp3) is 0.829. The summed E-state index contributed by atoms with van der Waals surface area (Å²) in [4.78, 5) is 25.4. The molecule has 10 saturated heterocycles. The molecule has 0 amide bonds. The van der Waals surface area contributed by atoms with Gasteiger partial charge >= 0.3 is 16.8 Å². The molecule has 8 saturated carbocycles. The van der Waals surface area contributed by atoms with Crippen molar-refractivity contribution >= 4 is 32.4 Å². The smallest absolute Gasteiger partial charge is 0.548 e. The Morgan fingerprint density at radius 2 is 0.450 bits per heavy atom. The zero-order chi connectivity index (χ0) is 74.5. The Morgan fingerprint density at radius 1 is 0.288 bits per heavy atom. The number of nitrogens with zero attached hydrogens (tertiary/aromatic N) is 2. The normalized spacial score (nSPS) is 45.8. The maximum absolute atomic E-state index is 15.1. The van der Waals surface area contributed by atoms with E-state index in [4.69, 9.17) is 0 Å². The average Bonchev–Trinajstić information content (AvgIpc) is 1.58. The SMILES string of the molecule is O=C([O-])C(Cc1ccccc1)NS(=O)(=O)N1C2NC3NC(NC4NC(NC5NC(NC1C1CCCCC12)C1CCCCC51)C1CCCCC41)C1CCCCC31.O=C([O-])C(Cc1ccccc1)NS(=O)(=O)N1C2NC3NC(NC4NC(NC5NC(NC1C1CCCCC12)C1CCCCC51)C1CCCCC41)C1CCCCC31.[Co+2]. The van der Waals surface area contributed by atoms with E-state index in [1.165, 1.54) is 103 Å². The molecule has 1 radical (unpaired) electrons. The summed E-state index contributed by atoms with van der Waals surface area (Å²) in [5.41, 5.74) is 1.50. The van der Waals surface area contributed by atoms with Crippen LogP contribution >= 0.6 is 0 Å². The van der Waals surface area contributed by atoms with E-state index in [0.29, 0.717) is 71.0 Å². The Balaban J connectivity index is 0.000000154. The number of hydrogen-bond donors (Lipinski definition) is 16. The van der Waals surface area contributed by atoms with Crippen LogP contribution < -0.4 is 94.1 Å². The van der Waals surface area contributed by atoms with Crippen LogP contribution in [0.3, 0.4) is 0 Å². The van der Waals surface area contributed by atoms with Crippen LogP contribution in [0.15, 0.2) is 60.7 Å². The molecular weight excluding hydrogens is 1490 g/mol. The molecule has 8 aliphatic carbocycles. The van der Waals surface area contributed by atoms with Gasteiger partial charge < -0.3 is 19.8 Å². The predicted molar refractivity (Wildman–Crippen MR) is 414 cm³/mol. The topological polar surface area (TPSA) is 347 Å². The minimum Gasteiger partial charge on any atom is -0.548 e. The van der Waals surface area contributed by atoms with Crippen LogP contribution in [0.4, 0.5) is 0 Å². The van der Waals surface area contributed by atoms with Gasteiger partial charge in [-0.05, 0) is 221 Å². The number of carboxylic acid groups (broad SMARTS) is 2. The second kappa shape index (κ2) is 33.7. The molecule has 2 aromatic rings. The van der Waals surface area contributed by atoms with Crippen molar-refractivity contribution in [3.05, 3.63) is 71.8 Å². The van der Waals surface area contributed by atoms with Gasteiger partial charge in [-0.15, -0.1) is 0 Å². The first-order valence-corrected chi connectivity index (χ1v) is 47.3. The summed E-state index contributed by atoms with van der Waals surface area (Å²) in [7, 11) is -8.67. The summed E-state index contributed by atoms with van der Waals surface area (Å²) < 4.78 is 69.2. The molecular formula is C82H128CoN18O8S2. The van der Waals surface area contributed by atoms with Crippen molar-refractivity contribution in [3.63, 3.8) is 0 Å². The number of carboxylic acids is 2. The van der Waals surface area contributed by atoms with E-state index in [0.717, 1.165) is 114 Å². The van der Waals surface area contributed by atoms with Crippen molar-refractivity contribution in [2.24, 2.45) is 94.7 Å². The van der Waals surface area contributed by atoms with Crippen molar-refractivity contribution in [2.45, 2.75) is 329 Å². The van der Waals surface area contributed by atoms with E-state index < -0.39 is 69.1 Å². The first-order chi connectivity index (χ1) is 53.6. The third kappa shape index (κ3) is 15.6. The van der Waals surface area contributed by atoms with Crippen LogP contribution in [0.5, 0.6) is 0 Å². The molecule has 18 fully saturated rings. The van der Waals surface area contributed by atoms with Gasteiger partial charge in [-0.2, -0.15) is 34.9 Å². The molecule has 615 valence electrons. The molecule has 10 aliphatic heterocycles. The number of carbonyl (C=O) groups excluding carboxylic acids is 2. The molecule has 34 atom stereocenters. The molecule has 111 heavy (non-hydrogen) atoms. The van der Waals surface area contributed by atoms with Crippen molar-refractivity contribution in [1.29, 1.82) is 0 Å². The summed E-state index contributed by atoms with van der Waals surface area (Å²) in [6.45, 7) is 0. The molecule has 20 rings (SSSR count). The summed E-state index contributed by atoms with van der Waals surface area (Å²) in [6.07, 6.45) is 36.0. The summed E-state index contributed by atoms with van der Waals surface area (Å²) in [6, 6.07) is 15.7. The molecule has 10 heterocycles. The van der Waals surface area contributed by atoms with E-state index in [2.05, 4.69) is 83.9 Å². The Labute approximate surface area is 669 Å². The largest absolute Gasteiger partial charge is 2.00 e. The molecule has 26 nitrogen and oxygen atoms in total. The van der Waals surface area contributed by atoms with Gasteiger partial charge in [-0.25, -0.2) is 0 Å². The first-order valence-electron chi connectivity index (χ1n) is 44.4. The third-order valence-corrected chi connectivity index (χ3v) is 35.3. The van der Waals surface area contributed by atoms with E-state index in [9.17, 15) is 19.8 Å². The number of nitrogens with one attached hydrogen (secondary N) is 16. The molecule has 29 heteroatoms. The van der Waals surface area contributed by atoms with E-state index >= 15 is 16.8 Å². The van der Waals surface area contributed by atoms with E-state index in [1.54, 1.807) is 8.61 Å². The summed E-state index contributed by atoms with van der Waals surface area (Å²) in [5, 5.41) is 82.5. The van der Waals surface area contributed by atoms with Gasteiger partial charge in [-0.3, -0.25) is 74.4 Å². The monoisotopic (exact) mass is 1620 g/mol. The second-order valence-corrected chi connectivity index (χ2v) is 41.0. The van der Waals surface area contributed by atoms with Crippen LogP contribution in [0, 0.1) is 94.7 Å². The number of benzene rings is 2. The minimum absolute atomic E-state index is 0. The molecule has 16 bridgehead atoms. The molecule has 34 unspecified atom stereocenters. The summed E-state index contributed by atoms with van der Waals surface area (Å²) >= 11 is 0. The predicted octanol–water partition coefficient (Wildman–Crippen LogP) is 3.02. The number of carbonyl (C=O) groups is 2. The Hall–Kier alpha value is -2.93. The van der Waals surface area contributed by atoms with Crippen LogP contribution in [0.25, 0.3) is 0 Å². The molecule has 0 aromatic heterocycles. The van der Waals surface area contributed by atoms with E-state index in [-0.39, 0.29) is 127 Å². The van der Waals surface area contributed by atoms with Gasteiger partial charge in [0.2, 0.25) is 0 Å². The molecule has 2 aromatic carbocycles. The van der Waals surface area contributed by atoms with Gasteiger partial charge in [-0.1, -0.05) is 163 Å². The maximum atomic E-state index is 15.1. The zero-order valence-corrected chi connectivity index (χ0v) is 67.4. The Kier molecular flexibility index (Phi) is 24.0. The van der Waals surface area contributed by atoms with Gasteiger partial charge in [0.05, 0.1) is 123 Å². The molecule has 0 spiro atoms. The Morgan fingerprint density at radius 3 is 0.622 bits per heavy atom. The average molecular weight is 1620 g/mol. The van der Waals surface area contributed by atoms with E-state index in [1.807, 2.05) is 60.7 Å². The fourth-order valence-electron chi connectivity index (χ4n) is 27.3. The van der Waals surface area contributed by atoms with Crippen LogP contribution in [-0.2, 0) is 59.6 Å². The Bertz CT molecular complexity index is 3380. The van der Waals surface area contributed by atoms with Crippen molar-refractivity contribution in [2.75, 3.05) is 0 Å². The third-order valence-electron chi connectivity index (χ3n) is 32.1. The second-order valence-electron chi connectivity index (χ2n) is 37.8. The fourth-order valence-corrected chi connectivity index (χ4v) is 30.7.